The Bertz CT molecular complexity index is 1270. The van der Waals surface area contributed by atoms with Gasteiger partial charge in [0.2, 0.25) is 9.84 Å². The highest BCUT2D eigenvalue weighted by Gasteiger charge is 2.30. The van der Waals surface area contributed by atoms with Crippen LogP contribution in [0.2, 0.25) is 0 Å². The first-order valence-electron chi connectivity index (χ1n) is 10.2. The standard InChI is InChI=1S/C24H23N3O2S/c28-30(29,21-11-5-2-6-12-21)24-22-13-7-8-14-23(22)27(25-24)20-15-16-26(18-20)17-19-9-3-1-4-10-19/h1-14,20H,15-18H2. The Balaban J connectivity index is 1.49. The van der Waals surface area contributed by atoms with Crippen molar-refractivity contribution in [2.45, 2.75) is 28.9 Å². The minimum atomic E-state index is -3.68. The molecular formula is C24H23N3O2S. The van der Waals surface area contributed by atoms with Crippen LogP contribution in [0.4, 0.5) is 0 Å². The van der Waals surface area contributed by atoms with E-state index in [2.05, 4.69) is 34.3 Å². The van der Waals surface area contributed by atoms with Gasteiger partial charge in [0.25, 0.3) is 0 Å². The van der Waals surface area contributed by atoms with Gasteiger partial charge < -0.3 is 0 Å². The second-order valence-corrected chi connectivity index (χ2v) is 9.61. The summed E-state index contributed by atoms with van der Waals surface area (Å²) in [5.74, 6) is 0. The molecule has 2 heterocycles. The van der Waals surface area contributed by atoms with Gasteiger partial charge >= 0.3 is 0 Å². The van der Waals surface area contributed by atoms with Gasteiger partial charge in [0.1, 0.15) is 0 Å². The van der Waals surface area contributed by atoms with Crippen molar-refractivity contribution in [3.63, 3.8) is 0 Å². The highest BCUT2D eigenvalue weighted by molar-refractivity contribution is 7.91. The summed E-state index contributed by atoms with van der Waals surface area (Å²) in [6, 6.07) is 26.8. The first-order valence-corrected chi connectivity index (χ1v) is 11.6. The Kier molecular flexibility index (Phi) is 4.89. The van der Waals surface area contributed by atoms with Crippen LogP contribution in [0.25, 0.3) is 10.9 Å². The molecule has 30 heavy (non-hydrogen) atoms. The average molecular weight is 418 g/mol. The second-order valence-electron chi connectivity index (χ2n) is 7.75. The number of hydrogen-bond acceptors (Lipinski definition) is 4. The molecule has 0 amide bonds. The van der Waals surface area contributed by atoms with Gasteiger partial charge in [-0.2, -0.15) is 5.10 Å². The van der Waals surface area contributed by atoms with Crippen molar-refractivity contribution in [2.75, 3.05) is 13.1 Å². The van der Waals surface area contributed by atoms with Crippen molar-refractivity contribution in [3.05, 3.63) is 90.5 Å². The monoisotopic (exact) mass is 417 g/mol. The van der Waals surface area contributed by atoms with Crippen molar-refractivity contribution < 1.29 is 8.42 Å². The molecule has 0 radical (unpaired) electrons. The van der Waals surface area contributed by atoms with E-state index in [1.165, 1.54) is 5.56 Å². The number of benzene rings is 3. The van der Waals surface area contributed by atoms with E-state index in [1.807, 2.05) is 41.1 Å². The summed E-state index contributed by atoms with van der Waals surface area (Å²) in [7, 11) is -3.68. The highest BCUT2D eigenvalue weighted by Crippen LogP contribution is 2.32. The molecule has 4 aromatic rings. The highest BCUT2D eigenvalue weighted by atomic mass is 32.2. The Morgan fingerprint density at radius 2 is 1.53 bits per heavy atom. The van der Waals surface area contributed by atoms with Crippen LogP contribution in [0.1, 0.15) is 18.0 Å². The van der Waals surface area contributed by atoms with Crippen LogP contribution in [-0.4, -0.2) is 36.2 Å². The van der Waals surface area contributed by atoms with E-state index in [0.29, 0.717) is 5.39 Å². The lowest BCUT2D eigenvalue weighted by Crippen LogP contribution is -2.21. The predicted molar refractivity (Wildman–Crippen MR) is 117 cm³/mol. The molecule has 0 aliphatic carbocycles. The number of likely N-dealkylation sites (tertiary alicyclic amines) is 1. The maximum atomic E-state index is 13.3. The van der Waals surface area contributed by atoms with Gasteiger partial charge in [0, 0.05) is 25.0 Å². The van der Waals surface area contributed by atoms with Gasteiger partial charge in [-0.25, -0.2) is 8.42 Å². The molecule has 152 valence electrons. The summed E-state index contributed by atoms with van der Waals surface area (Å²) in [5.41, 5.74) is 2.16. The zero-order chi connectivity index (χ0) is 20.6. The third kappa shape index (κ3) is 3.42. The molecule has 1 aromatic heterocycles. The lowest BCUT2D eigenvalue weighted by Gasteiger charge is -2.16. The number of aromatic nitrogens is 2. The van der Waals surface area contributed by atoms with Crippen molar-refractivity contribution in [1.29, 1.82) is 0 Å². The minimum Gasteiger partial charge on any atom is -0.297 e. The Hall–Kier alpha value is -2.96. The largest absolute Gasteiger partial charge is 0.297 e. The van der Waals surface area contributed by atoms with Gasteiger partial charge in [-0.1, -0.05) is 60.7 Å². The van der Waals surface area contributed by atoms with E-state index in [4.69, 9.17) is 0 Å². The smallest absolute Gasteiger partial charge is 0.226 e. The van der Waals surface area contributed by atoms with E-state index in [9.17, 15) is 8.42 Å². The van der Waals surface area contributed by atoms with Gasteiger partial charge in [-0.05, 0) is 36.2 Å². The molecule has 1 fully saturated rings. The van der Waals surface area contributed by atoms with Crippen molar-refractivity contribution >= 4 is 20.7 Å². The molecule has 1 aliphatic rings. The van der Waals surface area contributed by atoms with E-state index in [1.54, 1.807) is 24.3 Å². The topological polar surface area (TPSA) is 55.2 Å². The molecule has 6 heteroatoms. The molecule has 0 bridgehead atoms. The van der Waals surface area contributed by atoms with Gasteiger partial charge in [0.05, 0.1) is 16.5 Å². The first-order chi connectivity index (χ1) is 14.6. The first kappa shape index (κ1) is 19.0. The van der Waals surface area contributed by atoms with E-state index < -0.39 is 9.84 Å². The zero-order valence-electron chi connectivity index (χ0n) is 16.6. The van der Waals surface area contributed by atoms with Crippen LogP contribution in [-0.2, 0) is 16.4 Å². The molecule has 1 atom stereocenters. The van der Waals surface area contributed by atoms with E-state index in [0.717, 1.165) is 31.6 Å². The van der Waals surface area contributed by atoms with Crippen LogP contribution < -0.4 is 0 Å². The zero-order valence-corrected chi connectivity index (χ0v) is 17.4. The second kappa shape index (κ2) is 7.70. The Morgan fingerprint density at radius 1 is 0.867 bits per heavy atom. The normalized spacial score (nSPS) is 17.5. The van der Waals surface area contributed by atoms with Crippen LogP contribution in [0.5, 0.6) is 0 Å². The number of sulfone groups is 1. The molecule has 5 nitrogen and oxygen atoms in total. The predicted octanol–water partition coefficient (Wildman–Crippen LogP) is 4.32. The van der Waals surface area contributed by atoms with Crippen LogP contribution in [0.15, 0.2) is 94.9 Å². The molecule has 0 N–H and O–H groups in total. The molecule has 5 rings (SSSR count). The maximum Gasteiger partial charge on any atom is 0.226 e. The molecule has 1 unspecified atom stereocenters. The molecule has 3 aromatic carbocycles. The van der Waals surface area contributed by atoms with Gasteiger partial charge in [-0.15, -0.1) is 0 Å². The molecule has 1 aliphatic heterocycles. The maximum absolute atomic E-state index is 13.3. The van der Waals surface area contributed by atoms with Gasteiger partial charge in [-0.3, -0.25) is 9.58 Å². The average Bonchev–Trinajstić information content (AvgIpc) is 3.40. The summed E-state index contributed by atoms with van der Waals surface area (Å²) in [5, 5.41) is 5.49. The molecular weight excluding hydrogens is 394 g/mol. The number of para-hydroxylation sites is 1. The summed E-state index contributed by atoms with van der Waals surface area (Å²) >= 11 is 0. The van der Waals surface area contributed by atoms with Crippen molar-refractivity contribution in [1.82, 2.24) is 14.7 Å². The number of nitrogens with zero attached hydrogens (tertiary/aromatic N) is 3. The third-order valence-corrected chi connectivity index (χ3v) is 7.43. The quantitative estimate of drug-likeness (QED) is 0.485. The number of fused-ring (bicyclic) bond motifs is 1. The fourth-order valence-electron chi connectivity index (χ4n) is 4.25. The molecule has 1 saturated heterocycles. The fraction of sp³-hybridized carbons (Fsp3) is 0.208. The minimum absolute atomic E-state index is 0.144. The lowest BCUT2D eigenvalue weighted by molar-refractivity contribution is 0.312. The summed E-state index contributed by atoms with van der Waals surface area (Å²) in [6.07, 6.45) is 0.948. The van der Waals surface area contributed by atoms with Crippen molar-refractivity contribution in [2.24, 2.45) is 0 Å². The lowest BCUT2D eigenvalue weighted by atomic mass is 10.2. The SMILES string of the molecule is O=S(=O)(c1ccccc1)c1nn(C2CCN(Cc3ccccc3)C2)c2ccccc12. The number of rotatable bonds is 5. The van der Waals surface area contributed by atoms with Crippen LogP contribution in [0.3, 0.4) is 0 Å². The van der Waals surface area contributed by atoms with Gasteiger partial charge in [0.15, 0.2) is 5.03 Å². The summed E-state index contributed by atoms with van der Waals surface area (Å²) in [4.78, 5) is 2.68. The Labute approximate surface area is 176 Å². The third-order valence-electron chi connectivity index (χ3n) is 5.73. The number of hydrogen-bond donors (Lipinski definition) is 0. The van der Waals surface area contributed by atoms with E-state index in [-0.39, 0.29) is 16.0 Å². The van der Waals surface area contributed by atoms with Crippen LogP contribution in [0, 0.1) is 0 Å². The Morgan fingerprint density at radius 3 is 2.30 bits per heavy atom. The van der Waals surface area contributed by atoms with E-state index >= 15 is 0 Å². The van der Waals surface area contributed by atoms with Crippen molar-refractivity contribution in [3.8, 4) is 0 Å². The molecule has 0 saturated carbocycles. The summed E-state index contributed by atoms with van der Waals surface area (Å²) in [6.45, 7) is 2.71. The molecule has 0 spiro atoms. The fourth-order valence-corrected chi connectivity index (χ4v) is 5.64. The summed E-state index contributed by atoms with van der Waals surface area (Å²) < 4.78 is 28.5. The van der Waals surface area contributed by atoms with Crippen LogP contribution >= 0.6 is 0 Å².